The first kappa shape index (κ1) is 31.3. The second-order valence-corrected chi connectivity index (χ2v) is 11.8. The van der Waals surface area contributed by atoms with Gasteiger partial charge >= 0.3 is 0 Å². The fourth-order valence-corrected chi connectivity index (χ4v) is 6.02. The van der Waals surface area contributed by atoms with Gasteiger partial charge in [-0.3, -0.25) is 14.4 Å². The summed E-state index contributed by atoms with van der Waals surface area (Å²) in [5.41, 5.74) is 9.80. The number of hydrogen-bond donors (Lipinski definition) is 2. The average Bonchev–Trinajstić information content (AvgIpc) is 3.12. The van der Waals surface area contributed by atoms with E-state index in [-0.39, 0.29) is 30.7 Å². The number of nitrogens with two attached hydrogens (primary N) is 1. The van der Waals surface area contributed by atoms with Crippen LogP contribution in [0, 0.1) is 17.8 Å². The van der Waals surface area contributed by atoms with Gasteiger partial charge in [-0.05, 0) is 65.8 Å². The van der Waals surface area contributed by atoms with Crippen molar-refractivity contribution >= 4 is 23.4 Å². The van der Waals surface area contributed by atoms with Crippen molar-refractivity contribution in [2.24, 2.45) is 23.5 Å². The van der Waals surface area contributed by atoms with Gasteiger partial charge in [-0.25, -0.2) is 0 Å². The van der Waals surface area contributed by atoms with Crippen molar-refractivity contribution < 1.29 is 19.1 Å². The number of nitrogens with one attached hydrogen (secondary N) is 1. The van der Waals surface area contributed by atoms with Crippen LogP contribution < -0.4 is 20.7 Å². The average molecular weight is 602 g/mol. The van der Waals surface area contributed by atoms with Gasteiger partial charge in [0.05, 0.1) is 24.1 Å². The fourth-order valence-electron chi connectivity index (χ4n) is 6.02. The van der Waals surface area contributed by atoms with Crippen molar-refractivity contribution in [2.45, 2.75) is 39.3 Å². The van der Waals surface area contributed by atoms with Crippen LogP contribution in [0.15, 0.2) is 116 Å². The Balaban J connectivity index is 1.53. The normalized spacial score (nSPS) is 15.3. The van der Waals surface area contributed by atoms with E-state index in [0.29, 0.717) is 23.5 Å². The quantitative estimate of drug-likeness (QED) is 0.168. The van der Waals surface area contributed by atoms with Crippen LogP contribution in [0.25, 0.3) is 11.1 Å². The summed E-state index contributed by atoms with van der Waals surface area (Å²) in [6, 6.07) is 31.6. The molecular weight excluding hydrogens is 562 g/mol. The molecule has 0 fully saturated rings. The van der Waals surface area contributed by atoms with Crippen molar-refractivity contribution in [3.63, 3.8) is 0 Å². The smallest absolute Gasteiger partial charge is 0.254 e. The summed E-state index contributed by atoms with van der Waals surface area (Å²) in [6.45, 7) is 8.00. The molecule has 0 aromatic heterocycles. The number of nitrogens with zero attached hydrogens (tertiary/aromatic N) is 1. The number of amides is 3. The minimum absolute atomic E-state index is 0.121. The third-order valence-corrected chi connectivity index (χ3v) is 8.11. The number of primary amides is 1. The van der Waals surface area contributed by atoms with Crippen molar-refractivity contribution in [1.82, 2.24) is 5.32 Å². The lowest BCUT2D eigenvalue weighted by Crippen LogP contribution is -2.47. The number of ether oxygens (including phenoxy) is 1. The molecule has 0 aliphatic carbocycles. The van der Waals surface area contributed by atoms with E-state index in [0.717, 1.165) is 22.4 Å². The molecule has 1 heterocycles. The lowest BCUT2D eigenvalue weighted by Gasteiger charge is -2.30. The van der Waals surface area contributed by atoms with Gasteiger partial charge in [0.15, 0.2) is 0 Å². The number of hydrogen-bond acceptors (Lipinski definition) is 4. The van der Waals surface area contributed by atoms with Gasteiger partial charge in [0, 0.05) is 5.56 Å². The molecule has 0 bridgehead atoms. The molecule has 3 amide bonds. The molecule has 45 heavy (non-hydrogen) atoms. The zero-order chi connectivity index (χ0) is 31.9. The molecule has 4 aromatic rings. The highest BCUT2D eigenvalue weighted by atomic mass is 16.5. The number of para-hydroxylation sites is 2. The Kier molecular flexibility index (Phi) is 9.78. The van der Waals surface area contributed by atoms with E-state index >= 15 is 0 Å². The van der Waals surface area contributed by atoms with Crippen LogP contribution in [0.5, 0.6) is 11.5 Å². The maximum Gasteiger partial charge on any atom is 0.254 e. The molecule has 7 nitrogen and oxygen atoms in total. The van der Waals surface area contributed by atoms with Crippen LogP contribution in [-0.4, -0.2) is 17.7 Å². The second kappa shape index (κ2) is 14.1. The Labute approximate surface area is 264 Å². The molecule has 3 atom stereocenters. The Bertz CT molecular complexity index is 1680. The van der Waals surface area contributed by atoms with E-state index in [2.05, 4.69) is 11.9 Å². The monoisotopic (exact) mass is 601 g/mol. The van der Waals surface area contributed by atoms with Crippen molar-refractivity contribution in [3.8, 4) is 22.6 Å². The summed E-state index contributed by atoms with van der Waals surface area (Å²) in [5.74, 6) is -1.19. The van der Waals surface area contributed by atoms with Gasteiger partial charge in [-0.15, -0.1) is 6.58 Å². The number of allylic oxidation sites excluding steroid dienone is 1. The molecule has 7 heteroatoms. The highest BCUT2D eigenvalue weighted by molar-refractivity contribution is 6.06. The Morgan fingerprint density at radius 2 is 1.56 bits per heavy atom. The molecule has 1 aliphatic rings. The van der Waals surface area contributed by atoms with E-state index < -0.39 is 23.8 Å². The third-order valence-electron chi connectivity index (χ3n) is 8.11. The van der Waals surface area contributed by atoms with E-state index in [4.69, 9.17) is 10.5 Å². The number of anilines is 1. The van der Waals surface area contributed by atoms with Crippen LogP contribution >= 0.6 is 0 Å². The Morgan fingerprint density at radius 1 is 0.889 bits per heavy atom. The molecule has 0 radical (unpaired) electrons. The first-order chi connectivity index (χ1) is 21.8. The maximum atomic E-state index is 14.6. The lowest BCUT2D eigenvalue weighted by molar-refractivity contribution is -0.135. The van der Waals surface area contributed by atoms with Gasteiger partial charge in [0.1, 0.15) is 17.5 Å². The zero-order valence-corrected chi connectivity index (χ0v) is 25.7. The highest BCUT2D eigenvalue weighted by Gasteiger charge is 2.38. The third kappa shape index (κ3) is 7.15. The first-order valence-corrected chi connectivity index (χ1v) is 15.3. The number of benzene rings is 4. The van der Waals surface area contributed by atoms with Crippen molar-refractivity contribution in [1.29, 1.82) is 0 Å². The molecule has 1 unspecified atom stereocenters. The molecular formula is C38H39N3O4. The second-order valence-electron chi connectivity index (χ2n) is 11.8. The summed E-state index contributed by atoms with van der Waals surface area (Å²) in [5, 5.41) is 3.06. The van der Waals surface area contributed by atoms with Crippen LogP contribution in [0.4, 0.5) is 5.69 Å². The van der Waals surface area contributed by atoms with Crippen LogP contribution in [0.2, 0.25) is 0 Å². The van der Waals surface area contributed by atoms with Crippen molar-refractivity contribution in [2.75, 3.05) is 4.90 Å². The summed E-state index contributed by atoms with van der Waals surface area (Å²) in [6.07, 6.45) is 2.32. The molecule has 230 valence electrons. The highest BCUT2D eigenvalue weighted by Crippen LogP contribution is 2.41. The first-order valence-electron chi connectivity index (χ1n) is 15.3. The van der Waals surface area contributed by atoms with E-state index in [9.17, 15) is 14.4 Å². The molecule has 0 spiro atoms. The van der Waals surface area contributed by atoms with Crippen molar-refractivity contribution in [3.05, 3.63) is 127 Å². The zero-order valence-electron chi connectivity index (χ0n) is 25.7. The van der Waals surface area contributed by atoms with Gasteiger partial charge in [-0.2, -0.15) is 0 Å². The number of fused-ring (bicyclic) bond motifs is 3. The van der Waals surface area contributed by atoms with Crippen LogP contribution in [-0.2, 0) is 20.9 Å². The predicted molar refractivity (Wildman–Crippen MR) is 177 cm³/mol. The largest absolute Gasteiger partial charge is 0.457 e. The predicted octanol–water partition coefficient (Wildman–Crippen LogP) is 7.19. The van der Waals surface area contributed by atoms with Crippen LogP contribution in [0.3, 0.4) is 0 Å². The van der Waals surface area contributed by atoms with E-state index in [1.165, 1.54) is 0 Å². The summed E-state index contributed by atoms with van der Waals surface area (Å²) >= 11 is 0. The standard InChI is InChI=1S/C38H39N3O4/c1-4-13-32(36(39)42)33(22-25(2)3)37(43)40-35-31-20-9-8-18-29(31)30-19-10-11-21-34(30)41(38(35)44)24-26-14-12-17-28(23-26)45-27-15-6-5-7-16-27/h4-12,14-21,23,25,32-33,35H,1,13,22,24H2,2-3H3,(H2,39,42)(H,40,43)/t32-,33+,35?/m0/s1. The molecule has 4 aromatic carbocycles. The fraction of sp³-hybridized carbons (Fsp3) is 0.237. The minimum atomic E-state index is -0.989. The van der Waals surface area contributed by atoms with Gasteiger partial charge in [-0.1, -0.05) is 92.7 Å². The number of rotatable bonds is 12. The van der Waals surface area contributed by atoms with E-state index in [1.54, 1.807) is 11.0 Å². The van der Waals surface area contributed by atoms with Gasteiger partial charge in [0.25, 0.3) is 5.91 Å². The van der Waals surface area contributed by atoms with E-state index in [1.807, 2.05) is 117 Å². The van der Waals surface area contributed by atoms with Gasteiger partial charge in [0.2, 0.25) is 11.8 Å². The topological polar surface area (TPSA) is 102 Å². The minimum Gasteiger partial charge on any atom is -0.457 e. The lowest BCUT2D eigenvalue weighted by atomic mass is 9.82. The Morgan fingerprint density at radius 3 is 2.27 bits per heavy atom. The molecule has 0 saturated carbocycles. The number of carbonyl (C=O) groups excluding carboxylic acids is 3. The maximum absolute atomic E-state index is 14.6. The van der Waals surface area contributed by atoms with Gasteiger partial charge < -0.3 is 20.7 Å². The summed E-state index contributed by atoms with van der Waals surface area (Å²) in [4.78, 5) is 42.9. The SMILES string of the molecule is C=CC[C@H](C(N)=O)[C@@H](CC(C)C)C(=O)NC1C(=O)N(Cc2cccc(Oc3ccccc3)c2)c2ccccc2-c2ccccc21. The number of carbonyl (C=O) groups is 3. The summed E-state index contributed by atoms with van der Waals surface area (Å²) < 4.78 is 6.07. The Hall–Kier alpha value is -5.17. The molecule has 3 N–H and O–H groups in total. The molecule has 0 saturated heterocycles. The summed E-state index contributed by atoms with van der Waals surface area (Å²) in [7, 11) is 0. The molecule has 1 aliphatic heterocycles. The molecule has 5 rings (SSSR count). The van der Waals surface area contributed by atoms with Crippen LogP contribution in [0.1, 0.15) is 43.9 Å².